The third kappa shape index (κ3) is 21.0. The van der Waals surface area contributed by atoms with Gasteiger partial charge in [0, 0.05) is 18.4 Å². The van der Waals surface area contributed by atoms with Crippen molar-refractivity contribution in [3.63, 3.8) is 0 Å². The fourth-order valence-electron chi connectivity index (χ4n) is 5.19. The van der Waals surface area contributed by atoms with Gasteiger partial charge in [-0.2, -0.15) is 0 Å². The van der Waals surface area contributed by atoms with Gasteiger partial charge in [0.2, 0.25) is 0 Å². The minimum Gasteiger partial charge on any atom is -0.334 e. The van der Waals surface area contributed by atoms with Crippen molar-refractivity contribution >= 4 is 17.0 Å². The first-order valence-electron chi connectivity index (χ1n) is 15.4. The molecule has 0 aliphatic heterocycles. The molecule has 202 valence electrons. The van der Waals surface area contributed by atoms with Crippen molar-refractivity contribution in [1.29, 1.82) is 0 Å². The van der Waals surface area contributed by atoms with Crippen molar-refractivity contribution in [3.05, 3.63) is 18.7 Å². The van der Waals surface area contributed by atoms with Crippen molar-refractivity contribution in [2.24, 2.45) is 0 Å². The summed E-state index contributed by atoms with van der Waals surface area (Å²) in [5.74, 6) is 0. The number of rotatable bonds is 26. The van der Waals surface area contributed by atoms with Crippen LogP contribution in [0.15, 0.2) is 18.7 Å². The van der Waals surface area contributed by atoms with Gasteiger partial charge < -0.3 is 4.57 Å². The monoisotopic (exact) mass is 540 g/mol. The van der Waals surface area contributed by atoms with E-state index in [1.54, 1.807) is 0 Å². The average molecular weight is 542 g/mol. The Bertz CT molecular complexity index is 474. The molecule has 0 amide bonds. The summed E-state index contributed by atoms with van der Waals surface area (Å²) in [6.45, 7) is 4.60. The highest BCUT2D eigenvalue weighted by Gasteiger charge is 2.10. The standard InChI is InChI=1S/C31H60N2.BrH/c1-3-5-7-9-11-13-15-16-17-19-21-23-25-27-31(33-29-28-32-30-33)26-24-22-20-18-14-12-10-8-6-4-2;/h28-31H,3-27H2,1-2H3;1H. The van der Waals surface area contributed by atoms with E-state index in [4.69, 9.17) is 0 Å². The van der Waals surface area contributed by atoms with Gasteiger partial charge in [0.15, 0.2) is 0 Å². The van der Waals surface area contributed by atoms with Gasteiger partial charge in [0.1, 0.15) is 0 Å². The SMILES string of the molecule is Br.CCCCCCCCCCCCCCCC(CCCCCCCCCCCC)n1ccnc1. The number of hydrogen-bond acceptors (Lipinski definition) is 1. The number of hydrogen-bond donors (Lipinski definition) is 0. The molecular weight excluding hydrogens is 480 g/mol. The highest BCUT2D eigenvalue weighted by atomic mass is 79.9. The van der Waals surface area contributed by atoms with Crippen molar-refractivity contribution in [3.8, 4) is 0 Å². The molecule has 2 nitrogen and oxygen atoms in total. The minimum absolute atomic E-state index is 0. The average Bonchev–Trinajstić information content (AvgIpc) is 3.36. The zero-order valence-corrected chi connectivity index (χ0v) is 25.0. The molecule has 0 aliphatic rings. The lowest BCUT2D eigenvalue weighted by molar-refractivity contribution is 0.393. The van der Waals surface area contributed by atoms with Crippen LogP contribution in [0.3, 0.4) is 0 Å². The van der Waals surface area contributed by atoms with E-state index in [1.807, 2.05) is 12.5 Å². The first-order valence-corrected chi connectivity index (χ1v) is 15.4. The fourth-order valence-corrected chi connectivity index (χ4v) is 5.19. The van der Waals surface area contributed by atoms with Crippen LogP contribution < -0.4 is 0 Å². The Labute approximate surface area is 225 Å². The Kier molecular flexibility index (Phi) is 27.0. The third-order valence-electron chi connectivity index (χ3n) is 7.48. The summed E-state index contributed by atoms with van der Waals surface area (Å²) in [6, 6.07) is 0.675. The molecule has 3 heteroatoms. The maximum absolute atomic E-state index is 4.32. The van der Waals surface area contributed by atoms with Crippen molar-refractivity contribution < 1.29 is 0 Å². The molecule has 0 aromatic carbocycles. The molecule has 0 fully saturated rings. The molecule has 1 unspecified atom stereocenters. The van der Waals surface area contributed by atoms with E-state index in [9.17, 15) is 0 Å². The molecule has 1 atom stereocenters. The molecule has 0 saturated heterocycles. The number of unbranched alkanes of at least 4 members (excludes halogenated alkanes) is 21. The van der Waals surface area contributed by atoms with Gasteiger partial charge in [-0.3, -0.25) is 0 Å². The van der Waals surface area contributed by atoms with E-state index >= 15 is 0 Å². The predicted octanol–water partition coefficient (Wildman–Crippen LogP) is 11.8. The van der Waals surface area contributed by atoms with Gasteiger partial charge in [0.05, 0.1) is 6.33 Å². The molecule has 0 aliphatic carbocycles. The maximum atomic E-state index is 4.32. The summed E-state index contributed by atoms with van der Waals surface area (Å²) in [5, 5.41) is 0. The van der Waals surface area contributed by atoms with Crippen molar-refractivity contribution in [1.82, 2.24) is 9.55 Å². The highest BCUT2D eigenvalue weighted by Crippen LogP contribution is 2.24. The lowest BCUT2D eigenvalue weighted by Gasteiger charge is -2.18. The fraction of sp³-hybridized carbons (Fsp3) is 0.903. The number of imidazole rings is 1. The number of halogens is 1. The zero-order valence-electron chi connectivity index (χ0n) is 23.3. The molecule has 0 spiro atoms. The van der Waals surface area contributed by atoms with E-state index < -0.39 is 0 Å². The second kappa shape index (κ2) is 27.3. The number of nitrogens with zero attached hydrogens (tertiary/aromatic N) is 2. The Morgan fingerprint density at radius 3 is 1.12 bits per heavy atom. The van der Waals surface area contributed by atoms with Crippen molar-refractivity contribution in [2.75, 3.05) is 0 Å². The zero-order chi connectivity index (χ0) is 23.7. The largest absolute Gasteiger partial charge is 0.334 e. The second-order valence-corrected chi connectivity index (χ2v) is 10.7. The molecular formula is C31H61BrN2. The summed E-state index contributed by atoms with van der Waals surface area (Å²) in [6.07, 6.45) is 41.9. The van der Waals surface area contributed by atoms with Gasteiger partial charge in [0.25, 0.3) is 0 Å². The van der Waals surface area contributed by atoms with Crippen LogP contribution in [0.5, 0.6) is 0 Å². The van der Waals surface area contributed by atoms with E-state index in [2.05, 4.69) is 29.6 Å². The van der Waals surface area contributed by atoms with Crippen LogP contribution >= 0.6 is 17.0 Å². The molecule has 1 aromatic rings. The Morgan fingerprint density at radius 2 is 0.824 bits per heavy atom. The van der Waals surface area contributed by atoms with Crippen LogP contribution in [0.1, 0.15) is 180 Å². The van der Waals surface area contributed by atoms with Crippen molar-refractivity contribution in [2.45, 2.75) is 180 Å². The third-order valence-corrected chi connectivity index (χ3v) is 7.48. The van der Waals surface area contributed by atoms with Crippen LogP contribution in [-0.2, 0) is 0 Å². The molecule has 0 saturated carbocycles. The quantitative estimate of drug-likeness (QED) is 0.107. The summed E-state index contributed by atoms with van der Waals surface area (Å²) >= 11 is 0. The van der Waals surface area contributed by atoms with Crippen LogP contribution in [0.25, 0.3) is 0 Å². The summed E-state index contributed by atoms with van der Waals surface area (Å²) in [5.41, 5.74) is 0. The van der Waals surface area contributed by atoms with Crippen LogP contribution in [-0.4, -0.2) is 9.55 Å². The highest BCUT2D eigenvalue weighted by molar-refractivity contribution is 8.93. The normalized spacial score (nSPS) is 12.1. The van der Waals surface area contributed by atoms with Gasteiger partial charge in [-0.25, -0.2) is 4.98 Å². The van der Waals surface area contributed by atoms with E-state index in [0.29, 0.717) is 6.04 Å². The second-order valence-electron chi connectivity index (χ2n) is 10.7. The molecule has 0 radical (unpaired) electrons. The maximum Gasteiger partial charge on any atom is 0.0948 e. The molecule has 1 heterocycles. The number of aromatic nitrogens is 2. The Balaban J connectivity index is 0.0000109. The van der Waals surface area contributed by atoms with E-state index in [-0.39, 0.29) is 17.0 Å². The molecule has 1 rings (SSSR count). The van der Waals surface area contributed by atoms with Gasteiger partial charge >= 0.3 is 0 Å². The lowest BCUT2D eigenvalue weighted by Crippen LogP contribution is -2.07. The molecule has 0 N–H and O–H groups in total. The summed E-state index contributed by atoms with van der Waals surface area (Å²) in [7, 11) is 0. The smallest absolute Gasteiger partial charge is 0.0948 e. The first-order chi connectivity index (χ1) is 16.4. The van der Waals surface area contributed by atoms with Gasteiger partial charge in [-0.1, -0.05) is 162 Å². The summed E-state index contributed by atoms with van der Waals surface area (Å²) < 4.78 is 2.38. The van der Waals surface area contributed by atoms with Crippen LogP contribution in [0.2, 0.25) is 0 Å². The summed E-state index contributed by atoms with van der Waals surface area (Å²) in [4.78, 5) is 4.32. The predicted molar refractivity (Wildman–Crippen MR) is 158 cm³/mol. The lowest BCUT2D eigenvalue weighted by atomic mass is 9.99. The van der Waals surface area contributed by atoms with E-state index in [1.165, 1.54) is 161 Å². The molecule has 1 aromatic heterocycles. The first kappa shape index (κ1) is 33.7. The minimum atomic E-state index is 0. The van der Waals surface area contributed by atoms with Gasteiger partial charge in [-0.15, -0.1) is 17.0 Å². The Morgan fingerprint density at radius 1 is 0.500 bits per heavy atom. The van der Waals surface area contributed by atoms with Crippen LogP contribution in [0, 0.1) is 0 Å². The van der Waals surface area contributed by atoms with Crippen LogP contribution in [0.4, 0.5) is 0 Å². The van der Waals surface area contributed by atoms with Gasteiger partial charge in [-0.05, 0) is 12.8 Å². The topological polar surface area (TPSA) is 17.8 Å². The van der Waals surface area contributed by atoms with E-state index in [0.717, 1.165) is 0 Å². The molecule has 34 heavy (non-hydrogen) atoms. The Hall–Kier alpha value is -0.310. The molecule has 0 bridgehead atoms.